The summed E-state index contributed by atoms with van der Waals surface area (Å²) < 4.78 is 13.8. The Hall–Kier alpha value is -5.40. The fourth-order valence-corrected chi connectivity index (χ4v) is 8.84. The zero-order valence-corrected chi connectivity index (χ0v) is 35.8. The molecule has 12 nitrogen and oxygen atoms in total. The second-order valence-electron chi connectivity index (χ2n) is 17.2. The summed E-state index contributed by atoms with van der Waals surface area (Å²) in [4.78, 5) is 48.9. The molecule has 7 N–H and O–H groups in total. The number of nitrogens with one attached hydrogen (secondary N) is 5. The van der Waals surface area contributed by atoms with Crippen molar-refractivity contribution in [1.82, 2.24) is 40.5 Å². The molecule has 2 amide bonds. The van der Waals surface area contributed by atoms with Crippen molar-refractivity contribution >= 4 is 52.1 Å². The van der Waals surface area contributed by atoms with Gasteiger partial charge in [0.15, 0.2) is 0 Å². The Balaban J connectivity index is 0.000000155. The van der Waals surface area contributed by atoms with E-state index in [0.29, 0.717) is 29.7 Å². The van der Waals surface area contributed by atoms with Gasteiger partial charge in [0.2, 0.25) is 5.95 Å². The molecule has 10 rings (SSSR count). The molecule has 0 spiro atoms. The van der Waals surface area contributed by atoms with Gasteiger partial charge in [0.1, 0.15) is 16.9 Å². The number of hydrogen-bond acceptors (Lipinski definition) is 8. The molecule has 2 aliphatic heterocycles. The summed E-state index contributed by atoms with van der Waals surface area (Å²) in [5.41, 5.74) is 16.8. The fourth-order valence-electron chi connectivity index (χ4n) is 8.84. The van der Waals surface area contributed by atoms with E-state index in [1.165, 1.54) is 51.4 Å². The first-order chi connectivity index (χ1) is 28.4. The zero-order valence-electron chi connectivity index (χ0n) is 35.0. The van der Waals surface area contributed by atoms with E-state index in [2.05, 4.69) is 49.7 Å². The van der Waals surface area contributed by atoms with Crippen molar-refractivity contribution in [1.29, 1.82) is 0 Å². The number of anilines is 1. The van der Waals surface area contributed by atoms with Crippen molar-refractivity contribution in [3.63, 3.8) is 0 Å². The highest BCUT2D eigenvalue weighted by atomic mass is 35.5. The normalized spacial score (nSPS) is 17.7. The lowest BCUT2D eigenvalue weighted by Crippen LogP contribution is -2.37. The van der Waals surface area contributed by atoms with Crippen molar-refractivity contribution in [2.24, 2.45) is 5.73 Å². The summed E-state index contributed by atoms with van der Waals surface area (Å²) in [5, 5.41) is 9.42. The summed E-state index contributed by atoms with van der Waals surface area (Å²) in [6, 6.07) is 15.3. The highest BCUT2D eigenvalue weighted by molar-refractivity contribution is 6.00. The predicted octanol–water partition coefficient (Wildman–Crippen LogP) is 8.80. The maximum Gasteiger partial charge on any atom is 0.253 e. The molecule has 0 bridgehead atoms. The van der Waals surface area contributed by atoms with E-state index in [4.69, 9.17) is 15.7 Å². The highest BCUT2D eigenvalue weighted by Gasteiger charge is 2.28. The SMILES string of the molecule is CC1(N)CCCCC1.Cc1nc2cccc(-c3cc4c([nH]3)CCNC4=O)c2nc1F.Cc1nc2cccc(-c3cc4c([nH]3)CCNC4=O)c2nc1NC1(C)CCCCC1.Cl. The van der Waals surface area contributed by atoms with Crippen molar-refractivity contribution in [3.05, 3.63) is 88.4 Å². The number of aromatic nitrogens is 6. The molecule has 2 fully saturated rings. The molecule has 0 saturated heterocycles. The Kier molecular flexibility index (Phi) is 12.6. The second kappa shape index (κ2) is 17.7. The number of nitrogens with zero attached hydrogens (tertiary/aromatic N) is 4. The highest BCUT2D eigenvalue weighted by Crippen LogP contribution is 2.35. The lowest BCUT2D eigenvalue weighted by molar-refractivity contribution is 0.0937. The Morgan fingerprint density at radius 1 is 0.650 bits per heavy atom. The van der Waals surface area contributed by atoms with Crippen LogP contribution in [0.15, 0.2) is 48.5 Å². The van der Waals surface area contributed by atoms with Crippen LogP contribution in [0, 0.1) is 19.8 Å². The van der Waals surface area contributed by atoms with Gasteiger partial charge in [0.25, 0.3) is 11.8 Å². The number of H-pyrrole nitrogens is 2. The Bertz CT molecular complexity index is 2530. The van der Waals surface area contributed by atoms with Crippen LogP contribution in [0.1, 0.15) is 122 Å². The first-order valence-corrected chi connectivity index (χ1v) is 21.1. The lowest BCUT2D eigenvalue weighted by atomic mass is 9.83. The number of hydrogen-bond donors (Lipinski definition) is 6. The van der Waals surface area contributed by atoms with Crippen LogP contribution in [-0.4, -0.2) is 65.9 Å². The largest absolute Gasteiger partial charge is 0.363 e. The lowest BCUT2D eigenvalue weighted by Gasteiger charge is -2.35. The van der Waals surface area contributed by atoms with E-state index in [1.54, 1.807) is 19.1 Å². The number of nitrogens with two attached hydrogens (primary N) is 1. The van der Waals surface area contributed by atoms with E-state index >= 15 is 0 Å². The summed E-state index contributed by atoms with van der Waals surface area (Å²) in [6.45, 7) is 9.35. The molecule has 2 saturated carbocycles. The van der Waals surface area contributed by atoms with Crippen LogP contribution in [0.3, 0.4) is 0 Å². The number of aromatic amines is 2. The van der Waals surface area contributed by atoms with Crippen molar-refractivity contribution < 1.29 is 14.0 Å². The quantitative estimate of drug-likeness (QED) is 0.102. The minimum Gasteiger partial charge on any atom is -0.363 e. The fraction of sp³-hybridized carbons (Fsp3) is 0.435. The molecule has 2 aromatic carbocycles. The summed E-state index contributed by atoms with van der Waals surface area (Å²) in [6.07, 6.45) is 14.3. The third-order valence-electron chi connectivity index (χ3n) is 12.2. The van der Waals surface area contributed by atoms with Gasteiger partial charge < -0.3 is 31.7 Å². The Morgan fingerprint density at radius 3 is 1.62 bits per heavy atom. The first kappa shape index (κ1) is 42.7. The van der Waals surface area contributed by atoms with Crippen molar-refractivity contribution in [2.75, 3.05) is 18.4 Å². The van der Waals surface area contributed by atoms with Gasteiger partial charge in [0, 0.05) is 70.9 Å². The molecule has 0 atom stereocenters. The van der Waals surface area contributed by atoms with E-state index in [0.717, 1.165) is 87.7 Å². The van der Waals surface area contributed by atoms with Crippen LogP contribution in [-0.2, 0) is 12.8 Å². The molecule has 6 aromatic rings. The third kappa shape index (κ3) is 9.17. The molecule has 2 aliphatic carbocycles. The maximum atomic E-state index is 13.8. The molecule has 316 valence electrons. The second-order valence-corrected chi connectivity index (χ2v) is 17.2. The number of para-hydroxylation sites is 2. The Labute approximate surface area is 356 Å². The molecule has 4 aromatic heterocycles. The monoisotopic (exact) mass is 834 g/mol. The van der Waals surface area contributed by atoms with Crippen LogP contribution in [0.2, 0.25) is 0 Å². The molecule has 0 unspecified atom stereocenters. The molecule has 6 heterocycles. The molecule has 4 aliphatic rings. The first-order valence-electron chi connectivity index (χ1n) is 21.1. The third-order valence-corrected chi connectivity index (χ3v) is 12.2. The van der Waals surface area contributed by atoms with Crippen LogP contribution >= 0.6 is 12.4 Å². The number of aryl methyl sites for hydroxylation is 2. The van der Waals surface area contributed by atoms with E-state index in [1.807, 2.05) is 43.3 Å². The smallest absolute Gasteiger partial charge is 0.253 e. The van der Waals surface area contributed by atoms with E-state index in [9.17, 15) is 14.0 Å². The van der Waals surface area contributed by atoms with Gasteiger partial charge in [-0.3, -0.25) is 9.59 Å². The number of fused-ring (bicyclic) bond motifs is 4. The number of carbonyl (C=O) groups is 2. The van der Waals surface area contributed by atoms with Gasteiger partial charge in [-0.1, -0.05) is 62.8 Å². The van der Waals surface area contributed by atoms with Crippen LogP contribution < -0.4 is 21.7 Å². The summed E-state index contributed by atoms with van der Waals surface area (Å²) >= 11 is 0. The van der Waals surface area contributed by atoms with Gasteiger partial charge in [-0.2, -0.15) is 4.39 Å². The maximum absolute atomic E-state index is 13.8. The average Bonchev–Trinajstić information content (AvgIpc) is 3.86. The molecule has 60 heavy (non-hydrogen) atoms. The minimum atomic E-state index is -0.575. The standard InChI is InChI=1S/C23H27N5O.C16H13FN4O.C7H15N.ClH/c1-14-21(28-23(2)10-4-3-5-11-23)27-20-15(7-6-8-18(20)25-14)19-13-16-17(26-19)9-12-24-22(16)29;1-8-15(17)21-14-9(3-2-4-12(14)19-8)13-7-10-11(20-13)5-6-18-16(10)22;1-7(8)5-3-2-4-6-7;/h6-8,13,26H,3-5,9-12H2,1-2H3,(H,24,29)(H,27,28);2-4,7,20H,5-6H2,1H3,(H,18,22);2-6,8H2,1H3;1H. The predicted molar refractivity (Wildman–Crippen MR) is 238 cm³/mol. The van der Waals surface area contributed by atoms with Gasteiger partial charge in [0.05, 0.1) is 33.5 Å². The number of carbonyl (C=O) groups excluding carboxylic acids is 2. The van der Waals surface area contributed by atoms with Crippen molar-refractivity contribution in [2.45, 2.75) is 116 Å². The van der Waals surface area contributed by atoms with Gasteiger partial charge in [-0.25, -0.2) is 19.9 Å². The van der Waals surface area contributed by atoms with Gasteiger partial charge in [-0.15, -0.1) is 12.4 Å². The van der Waals surface area contributed by atoms with Gasteiger partial charge >= 0.3 is 0 Å². The molecule has 14 heteroatoms. The number of benzene rings is 2. The minimum absolute atomic E-state index is 0. The van der Waals surface area contributed by atoms with Crippen LogP contribution in [0.25, 0.3) is 44.6 Å². The number of rotatable bonds is 4. The van der Waals surface area contributed by atoms with Gasteiger partial charge in [-0.05, 0) is 77.6 Å². The van der Waals surface area contributed by atoms with E-state index < -0.39 is 5.95 Å². The van der Waals surface area contributed by atoms with Crippen LogP contribution in [0.4, 0.5) is 10.2 Å². The average molecular weight is 835 g/mol. The molecule has 0 radical (unpaired) electrons. The number of amides is 2. The van der Waals surface area contributed by atoms with Crippen LogP contribution in [0.5, 0.6) is 0 Å². The van der Waals surface area contributed by atoms with E-state index in [-0.39, 0.29) is 41.0 Å². The zero-order chi connectivity index (χ0) is 41.3. The molecular formula is C46H56ClFN10O2. The molecular weight excluding hydrogens is 779 g/mol. The number of halogens is 2. The Morgan fingerprint density at radius 2 is 1.13 bits per heavy atom. The van der Waals surface area contributed by atoms with Crippen molar-refractivity contribution in [3.8, 4) is 22.5 Å². The topological polar surface area (TPSA) is 179 Å². The summed E-state index contributed by atoms with van der Waals surface area (Å²) in [7, 11) is 0. The summed E-state index contributed by atoms with van der Waals surface area (Å²) in [5.74, 6) is 0.193.